The molecule has 1 aliphatic rings. The van der Waals surface area contributed by atoms with Gasteiger partial charge in [0.25, 0.3) is 0 Å². The Morgan fingerprint density at radius 2 is 2.44 bits per heavy atom. The number of aliphatic hydroxyl groups is 1. The van der Waals surface area contributed by atoms with Crippen LogP contribution in [0, 0.1) is 5.92 Å². The van der Waals surface area contributed by atoms with Crippen LogP contribution in [0.1, 0.15) is 19.6 Å². The van der Waals surface area contributed by atoms with E-state index >= 15 is 0 Å². The van der Waals surface area contributed by atoms with Crippen molar-refractivity contribution >= 4 is 17.0 Å². The third-order valence-electron chi connectivity index (χ3n) is 3.40. The zero-order chi connectivity index (χ0) is 12.7. The van der Waals surface area contributed by atoms with E-state index in [1.54, 1.807) is 6.20 Å². The van der Waals surface area contributed by atoms with Gasteiger partial charge >= 0.3 is 0 Å². The molecule has 0 radical (unpaired) electrons. The van der Waals surface area contributed by atoms with Crippen LogP contribution in [0.4, 0.5) is 5.95 Å². The molecule has 0 bridgehead atoms. The lowest BCUT2D eigenvalue weighted by molar-refractivity contribution is -0.0291. The Balaban J connectivity index is 2.01. The standard InChI is InChI=1S/C12H16N4O2/c1-7-4-9(6-17)18-11(7)16-3-2-8-5-14-12(13)15-10(8)16/h2-3,5,7,9,11,17H,4,6H2,1H3,(H2,13,14,15)/t7-,9-,11+/m0/s1. The minimum absolute atomic E-state index is 0.0527. The Bertz CT molecular complexity index is 568. The first kappa shape index (κ1) is 11.4. The quantitative estimate of drug-likeness (QED) is 0.825. The number of ether oxygens (including phenoxy) is 1. The maximum Gasteiger partial charge on any atom is 0.221 e. The van der Waals surface area contributed by atoms with Gasteiger partial charge < -0.3 is 20.1 Å². The maximum absolute atomic E-state index is 9.18. The Kier molecular flexibility index (Phi) is 2.68. The number of aliphatic hydroxyl groups excluding tert-OH is 1. The van der Waals surface area contributed by atoms with E-state index in [9.17, 15) is 5.11 Å². The normalized spacial score (nSPS) is 28.0. The van der Waals surface area contributed by atoms with Gasteiger partial charge in [-0.1, -0.05) is 6.92 Å². The van der Waals surface area contributed by atoms with E-state index in [0.29, 0.717) is 5.92 Å². The average Bonchev–Trinajstić information content (AvgIpc) is 2.92. The van der Waals surface area contributed by atoms with Crippen LogP contribution in [0.15, 0.2) is 18.5 Å². The molecule has 3 heterocycles. The molecule has 0 aliphatic carbocycles. The van der Waals surface area contributed by atoms with Gasteiger partial charge in [0.1, 0.15) is 11.9 Å². The Morgan fingerprint density at radius 1 is 1.61 bits per heavy atom. The molecule has 3 rings (SSSR count). The maximum atomic E-state index is 9.18. The predicted octanol–water partition coefficient (Wildman–Crippen LogP) is 0.929. The lowest BCUT2D eigenvalue weighted by atomic mass is 10.1. The average molecular weight is 248 g/mol. The summed E-state index contributed by atoms with van der Waals surface area (Å²) in [6.45, 7) is 2.16. The van der Waals surface area contributed by atoms with Crippen molar-refractivity contribution in [2.45, 2.75) is 25.7 Å². The van der Waals surface area contributed by atoms with E-state index in [1.807, 2.05) is 16.8 Å². The van der Waals surface area contributed by atoms with E-state index in [1.165, 1.54) is 0 Å². The molecule has 0 amide bonds. The van der Waals surface area contributed by atoms with Gasteiger partial charge in [0, 0.05) is 23.7 Å². The summed E-state index contributed by atoms with van der Waals surface area (Å²) < 4.78 is 7.79. The summed E-state index contributed by atoms with van der Waals surface area (Å²) >= 11 is 0. The molecule has 6 heteroatoms. The molecular formula is C12H16N4O2. The van der Waals surface area contributed by atoms with Crippen LogP contribution >= 0.6 is 0 Å². The summed E-state index contributed by atoms with van der Waals surface area (Å²) in [6.07, 6.45) is 4.29. The van der Waals surface area contributed by atoms with Crippen molar-refractivity contribution in [1.29, 1.82) is 0 Å². The highest BCUT2D eigenvalue weighted by Gasteiger charge is 2.33. The summed E-state index contributed by atoms with van der Waals surface area (Å²) in [6, 6.07) is 1.94. The van der Waals surface area contributed by atoms with Crippen molar-refractivity contribution in [2.75, 3.05) is 12.3 Å². The molecule has 0 aromatic carbocycles. The highest BCUT2D eigenvalue weighted by atomic mass is 16.5. The van der Waals surface area contributed by atoms with Crippen LogP contribution in [0.5, 0.6) is 0 Å². The van der Waals surface area contributed by atoms with E-state index in [-0.39, 0.29) is 24.9 Å². The fourth-order valence-electron chi connectivity index (χ4n) is 2.53. The predicted molar refractivity (Wildman–Crippen MR) is 66.7 cm³/mol. The number of hydrogen-bond acceptors (Lipinski definition) is 5. The van der Waals surface area contributed by atoms with Crippen LogP contribution in [-0.2, 0) is 4.74 Å². The van der Waals surface area contributed by atoms with Crippen LogP contribution in [0.2, 0.25) is 0 Å². The SMILES string of the molecule is C[C@H]1C[C@@H](CO)O[C@H]1n1ccc2cnc(N)nc21. The highest BCUT2D eigenvalue weighted by Crippen LogP contribution is 2.35. The molecule has 0 saturated carbocycles. The molecule has 6 nitrogen and oxygen atoms in total. The lowest BCUT2D eigenvalue weighted by Crippen LogP contribution is -2.15. The fraction of sp³-hybridized carbons (Fsp3) is 0.500. The van der Waals surface area contributed by atoms with Gasteiger partial charge in [-0.2, -0.15) is 4.98 Å². The largest absolute Gasteiger partial charge is 0.394 e. The molecule has 2 aromatic rings. The number of fused-ring (bicyclic) bond motifs is 1. The zero-order valence-corrected chi connectivity index (χ0v) is 10.2. The van der Waals surface area contributed by atoms with Crippen molar-refractivity contribution in [2.24, 2.45) is 5.92 Å². The van der Waals surface area contributed by atoms with E-state index in [2.05, 4.69) is 16.9 Å². The highest BCUT2D eigenvalue weighted by molar-refractivity contribution is 5.76. The minimum atomic E-state index is -0.103. The first-order valence-electron chi connectivity index (χ1n) is 6.04. The molecule has 3 N–H and O–H groups in total. The summed E-state index contributed by atoms with van der Waals surface area (Å²) in [5.74, 6) is 0.584. The second kappa shape index (κ2) is 4.22. The van der Waals surface area contributed by atoms with Gasteiger partial charge in [0.2, 0.25) is 5.95 Å². The van der Waals surface area contributed by atoms with Crippen molar-refractivity contribution in [3.8, 4) is 0 Å². The number of nitrogen functional groups attached to an aromatic ring is 1. The van der Waals surface area contributed by atoms with E-state index < -0.39 is 0 Å². The van der Waals surface area contributed by atoms with Crippen molar-refractivity contribution < 1.29 is 9.84 Å². The number of anilines is 1. The van der Waals surface area contributed by atoms with E-state index in [0.717, 1.165) is 17.5 Å². The molecule has 1 fully saturated rings. The molecule has 0 unspecified atom stereocenters. The Hall–Kier alpha value is -1.66. The number of nitrogens with zero attached hydrogens (tertiary/aromatic N) is 3. The minimum Gasteiger partial charge on any atom is -0.394 e. The van der Waals surface area contributed by atoms with Gasteiger partial charge in [-0.05, 0) is 12.5 Å². The third kappa shape index (κ3) is 1.74. The first-order valence-corrected chi connectivity index (χ1v) is 6.04. The summed E-state index contributed by atoms with van der Waals surface area (Å²) in [4.78, 5) is 8.22. The van der Waals surface area contributed by atoms with E-state index in [4.69, 9.17) is 10.5 Å². The molecular weight excluding hydrogens is 232 g/mol. The summed E-state index contributed by atoms with van der Waals surface area (Å²) in [5, 5.41) is 10.1. The molecule has 18 heavy (non-hydrogen) atoms. The molecule has 3 atom stereocenters. The van der Waals surface area contributed by atoms with Crippen molar-refractivity contribution in [1.82, 2.24) is 14.5 Å². The zero-order valence-electron chi connectivity index (χ0n) is 10.2. The summed E-state index contributed by atoms with van der Waals surface area (Å²) in [7, 11) is 0. The number of nitrogens with two attached hydrogens (primary N) is 1. The van der Waals surface area contributed by atoms with Gasteiger partial charge in [0.05, 0.1) is 12.7 Å². The van der Waals surface area contributed by atoms with Gasteiger partial charge in [-0.25, -0.2) is 4.98 Å². The van der Waals surface area contributed by atoms with Crippen molar-refractivity contribution in [3.05, 3.63) is 18.5 Å². The Morgan fingerprint density at radius 3 is 3.17 bits per heavy atom. The van der Waals surface area contributed by atoms with Crippen LogP contribution in [0.3, 0.4) is 0 Å². The molecule has 96 valence electrons. The molecule has 1 saturated heterocycles. The first-order chi connectivity index (χ1) is 8.69. The second-order valence-electron chi connectivity index (χ2n) is 4.77. The van der Waals surface area contributed by atoms with Crippen LogP contribution < -0.4 is 5.73 Å². The topological polar surface area (TPSA) is 86.2 Å². The fourth-order valence-corrected chi connectivity index (χ4v) is 2.53. The lowest BCUT2D eigenvalue weighted by Gasteiger charge is -2.18. The number of rotatable bonds is 2. The number of hydrogen-bond donors (Lipinski definition) is 2. The smallest absolute Gasteiger partial charge is 0.221 e. The summed E-state index contributed by atoms with van der Waals surface area (Å²) in [5.41, 5.74) is 6.40. The van der Waals surface area contributed by atoms with Crippen molar-refractivity contribution in [3.63, 3.8) is 0 Å². The van der Waals surface area contributed by atoms with Gasteiger partial charge in [-0.15, -0.1) is 0 Å². The number of aromatic nitrogens is 3. The molecule has 1 aliphatic heterocycles. The second-order valence-corrected chi connectivity index (χ2v) is 4.77. The van der Waals surface area contributed by atoms with Crippen LogP contribution in [0.25, 0.3) is 11.0 Å². The third-order valence-corrected chi connectivity index (χ3v) is 3.40. The molecule has 0 spiro atoms. The molecule has 2 aromatic heterocycles. The van der Waals surface area contributed by atoms with Crippen LogP contribution in [-0.4, -0.2) is 32.4 Å². The monoisotopic (exact) mass is 248 g/mol. The van der Waals surface area contributed by atoms with Gasteiger partial charge in [-0.3, -0.25) is 0 Å². The van der Waals surface area contributed by atoms with Gasteiger partial charge in [0.15, 0.2) is 0 Å². The Labute approximate surface area is 104 Å².